The molecule has 0 bridgehead atoms. The van der Waals surface area contributed by atoms with Gasteiger partial charge in [0.15, 0.2) is 0 Å². The molecule has 2 nitrogen and oxygen atoms in total. The fourth-order valence-electron chi connectivity index (χ4n) is 3.04. The first-order chi connectivity index (χ1) is 7.76. The molecule has 3 heteroatoms. The van der Waals surface area contributed by atoms with Crippen LogP contribution in [0.1, 0.15) is 39.5 Å². The maximum absolute atomic E-state index is 5.57. The molecule has 94 valence electrons. The maximum Gasteiger partial charge on any atom is 0.0510 e. The number of hydrogen-bond donors (Lipinski definition) is 1. The SMILES string of the molecule is CCCNC(C1CCOC1)C1(C)CCCS1. The summed E-state index contributed by atoms with van der Waals surface area (Å²) in [5, 5.41) is 3.79. The number of nitrogens with one attached hydrogen (secondary N) is 1. The Morgan fingerprint density at radius 3 is 3.00 bits per heavy atom. The molecule has 0 spiro atoms. The van der Waals surface area contributed by atoms with Crippen molar-refractivity contribution in [3.63, 3.8) is 0 Å². The topological polar surface area (TPSA) is 21.3 Å². The summed E-state index contributed by atoms with van der Waals surface area (Å²) in [5.41, 5.74) is 0. The molecule has 16 heavy (non-hydrogen) atoms. The zero-order valence-corrected chi connectivity index (χ0v) is 11.4. The molecule has 0 aliphatic carbocycles. The Hall–Kier alpha value is 0.270. The van der Waals surface area contributed by atoms with Gasteiger partial charge in [0.1, 0.15) is 0 Å². The van der Waals surface area contributed by atoms with Crippen molar-refractivity contribution in [3.05, 3.63) is 0 Å². The monoisotopic (exact) mass is 243 g/mol. The van der Waals surface area contributed by atoms with Gasteiger partial charge in [-0.1, -0.05) is 6.92 Å². The highest BCUT2D eigenvalue weighted by Crippen LogP contribution is 2.43. The largest absolute Gasteiger partial charge is 0.381 e. The highest BCUT2D eigenvalue weighted by atomic mass is 32.2. The molecule has 0 amide bonds. The van der Waals surface area contributed by atoms with Gasteiger partial charge in [0.05, 0.1) is 6.61 Å². The summed E-state index contributed by atoms with van der Waals surface area (Å²) in [6.07, 6.45) is 5.23. The van der Waals surface area contributed by atoms with Crippen molar-refractivity contribution in [2.45, 2.75) is 50.3 Å². The average molecular weight is 243 g/mol. The van der Waals surface area contributed by atoms with E-state index in [1.807, 2.05) is 0 Å². The predicted molar refractivity (Wildman–Crippen MR) is 71.1 cm³/mol. The van der Waals surface area contributed by atoms with Gasteiger partial charge in [-0.15, -0.1) is 0 Å². The Balaban J connectivity index is 2.00. The second kappa shape index (κ2) is 5.74. The van der Waals surface area contributed by atoms with Gasteiger partial charge in [-0.3, -0.25) is 0 Å². The summed E-state index contributed by atoms with van der Waals surface area (Å²) in [6.45, 7) is 7.79. The molecule has 0 aromatic rings. The third-order valence-electron chi connectivity index (χ3n) is 3.96. The zero-order valence-electron chi connectivity index (χ0n) is 10.6. The van der Waals surface area contributed by atoms with Crippen LogP contribution in [0.15, 0.2) is 0 Å². The van der Waals surface area contributed by atoms with Crippen LogP contribution in [0.2, 0.25) is 0 Å². The minimum Gasteiger partial charge on any atom is -0.381 e. The van der Waals surface area contributed by atoms with Gasteiger partial charge in [0, 0.05) is 23.3 Å². The Bertz CT molecular complexity index is 210. The molecule has 2 rings (SSSR count). The molecule has 2 aliphatic heterocycles. The fraction of sp³-hybridized carbons (Fsp3) is 1.00. The van der Waals surface area contributed by atoms with Crippen molar-refractivity contribution in [2.75, 3.05) is 25.5 Å². The van der Waals surface area contributed by atoms with Crippen LogP contribution >= 0.6 is 11.8 Å². The van der Waals surface area contributed by atoms with Crippen LogP contribution in [0, 0.1) is 5.92 Å². The molecular formula is C13H25NOS. The summed E-state index contributed by atoms with van der Waals surface area (Å²) in [4.78, 5) is 0. The van der Waals surface area contributed by atoms with Crippen molar-refractivity contribution in [3.8, 4) is 0 Å². The summed E-state index contributed by atoms with van der Waals surface area (Å²) in [6, 6.07) is 0.655. The Morgan fingerprint density at radius 2 is 2.44 bits per heavy atom. The lowest BCUT2D eigenvalue weighted by molar-refractivity contribution is 0.170. The highest BCUT2D eigenvalue weighted by Gasteiger charge is 2.42. The van der Waals surface area contributed by atoms with E-state index in [0.29, 0.717) is 10.8 Å². The maximum atomic E-state index is 5.57. The van der Waals surface area contributed by atoms with Gasteiger partial charge in [-0.25, -0.2) is 0 Å². The summed E-state index contributed by atoms with van der Waals surface area (Å²) in [5.74, 6) is 2.08. The van der Waals surface area contributed by atoms with E-state index in [0.717, 1.165) is 25.7 Å². The van der Waals surface area contributed by atoms with E-state index in [9.17, 15) is 0 Å². The van der Waals surface area contributed by atoms with Gasteiger partial charge < -0.3 is 10.1 Å². The molecular weight excluding hydrogens is 218 g/mol. The van der Waals surface area contributed by atoms with Crippen LogP contribution in [0.4, 0.5) is 0 Å². The zero-order chi connectivity index (χ0) is 11.4. The van der Waals surface area contributed by atoms with Crippen molar-refractivity contribution in [1.82, 2.24) is 5.32 Å². The number of hydrogen-bond acceptors (Lipinski definition) is 3. The lowest BCUT2D eigenvalue weighted by Gasteiger charge is -2.37. The first-order valence-corrected chi connectivity index (χ1v) is 7.70. The fourth-order valence-corrected chi connectivity index (χ4v) is 4.54. The van der Waals surface area contributed by atoms with E-state index in [1.165, 1.54) is 31.4 Å². The molecule has 2 fully saturated rings. The van der Waals surface area contributed by atoms with Crippen molar-refractivity contribution < 1.29 is 4.74 Å². The van der Waals surface area contributed by atoms with Gasteiger partial charge in [-0.2, -0.15) is 11.8 Å². The third kappa shape index (κ3) is 2.74. The van der Waals surface area contributed by atoms with Crippen LogP contribution in [0.25, 0.3) is 0 Å². The number of thioether (sulfide) groups is 1. The quantitative estimate of drug-likeness (QED) is 0.802. The van der Waals surface area contributed by atoms with E-state index in [2.05, 4.69) is 30.9 Å². The molecule has 3 unspecified atom stereocenters. The van der Waals surface area contributed by atoms with Crippen LogP contribution in [-0.2, 0) is 4.74 Å². The van der Waals surface area contributed by atoms with Crippen molar-refractivity contribution in [2.24, 2.45) is 5.92 Å². The summed E-state index contributed by atoms with van der Waals surface area (Å²) >= 11 is 2.17. The summed E-state index contributed by atoms with van der Waals surface area (Å²) in [7, 11) is 0. The van der Waals surface area contributed by atoms with E-state index in [1.54, 1.807) is 0 Å². The molecule has 0 saturated carbocycles. The summed E-state index contributed by atoms with van der Waals surface area (Å²) < 4.78 is 6.03. The van der Waals surface area contributed by atoms with Crippen molar-refractivity contribution >= 4 is 11.8 Å². The first-order valence-electron chi connectivity index (χ1n) is 6.71. The Kier molecular flexibility index (Phi) is 4.57. The average Bonchev–Trinajstić information content (AvgIpc) is 2.91. The molecule has 2 aliphatic rings. The Morgan fingerprint density at radius 1 is 1.56 bits per heavy atom. The second-order valence-electron chi connectivity index (χ2n) is 5.32. The van der Waals surface area contributed by atoms with Gasteiger partial charge in [-0.05, 0) is 44.9 Å². The normalized spacial score (nSPS) is 36.8. The minimum absolute atomic E-state index is 0.452. The van der Waals surface area contributed by atoms with E-state index in [-0.39, 0.29) is 0 Å². The molecule has 1 N–H and O–H groups in total. The lowest BCUT2D eigenvalue weighted by Crippen LogP contribution is -2.50. The van der Waals surface area contributed by atoms with Gasteiger partial charge >= 0.3 is 0 Å². The molecule has 3 atom stereocenters. The molecule has 2 saturated heterocycles. The van der Waals surface area contributed by atoms with E-state index in [4.69, 9.17) is 4.74 Å². The van der Waals surface area contributed by atoms with E-state index < -0.39 is 0 Å². The molecule has 2 heterocycles. The standard InChI is InChI=1S/C13H25NOS/c1-3-7-14-12(11-5-8-15-10-11)13(2)6-4-9-16-13/h11-12,14H,3-10H2,1-2H3. The smallest absolute Gasteiger partial charge is 0.0510 e. The van der Waals surface area contributed by atoms with Crippen LogP contribution in [0.3, 0.4) is 0 Å². The van der Waals surface area contributed by atoms with Crippen LogP contribution in [0.5, 0.6) is 0 Å². The number of ether oxygens (including phenoxy) is 1. The highest BCUT2D eigenvalue weighted by molar-refractivity contribution is 8.00. The molecule has 0 aromatic carbocycles. The van der Waals surface area contributed by atoms with Crippen molar-refractivity contribution in [1.29, 1.82) is 0 Å². The molecule has 0 radical (unpaired) electrons. The van der Waals surface area contributed by atoms with Gasteiger partial charge in [0.25, 0.3) is 0 Å². The van der Waals surface area contributed by atoms with Gasteiger partial charge in [0.2, 0.25) is 0 Å². The Labute approximate surface area is 104 Å². The lowest BCUT2D eigenvalue weighted by atomic mass is 9.85. The van der Waals surface area contributed by atoms with E-state index >= 15 is 0 Å². The minimum atomic E-state index is 0.452. The van der Waals surface area contributed by atoms with Crippen LogP contribution < -0.4 is 5.32 Å². The molecule has 0 aromatic heterocycles. The van der Waals surface area contributed by atoms with Crippen LogP contribution in [-0.4, -0.2) is 36.3 Å². The first kappa shape index (κ1) is 12.7. The third-order valence-corrected chi connectivity index (χ3v) is 5.57. The second-order valence-corrected chi connectivity index (χ2v) is 6.95. The number of rotatable bonds is 5. The predicted octanol–water partition coefficient (Wildman–Crippen LogP) is 2.68.